The van der Waals surface area contributed by atoms with Crippen molar-refractivity contribution < 1.29 is 34.6 Å². The highest BCUT2D eigenvalue weighted by atomic mass is 16.7. The van der Waals surface area contributed by atoms with Gasteiger partial charge >= 0.3 is 0 Å². The Morgan fingerprint density at radius 2 is 1.80 bits per heavy atom. The largest absolute Gasteiger partial charge is 0.497 e. The van der Waals surface area contributed by atoms with Crippen LogP contribution < -0.4 is 9.47 Å². The fraction of sp³-hybridized carbons (Fsp3) is 0.440. The van der Waals surface area contributed by atoms with Crippen molar-refractivity contribution in [2.24, 2.45) is 0 Å². The number of aliphatic hydroxyl groups is 4. The first-order valence-electron chi connectivity index (χ1n) is 11.5. The Kier molecular flexibility index (Phi) is 7.68. The molecule has 3 heterocycles. The van der Waals surface area contributed by atoms with Crippen LogP contribution in [0.15, 0.2) is 48.8 Å². The first kappa shape index (κ1) is 25.1. The summed E-state index contributed by atoms with van der Waals surface area (Å²) in [5, 5.41) is 45.1. The van der Waals surface area contributed by atoms with Gasteiger partial charge in [0, 0.05) is 36.0 Å². The van der Waals surface area contributed by atoms with E-state index in [1.807, 2.05) is 54.9 Å². The lowest BCUT2D eigenvalue weighted by atomic mass is 9.99. The predicted molar refractivity (Wildman–Crippen MR) is 126 cm³/mol. The number of rotatable bonds is 8. The van der Waals surface area contributed by atoms with Gasteiger partial charge in [-0.05, 0) is 43.7 Å². The van der Waals surface area contributed by atoms with Gasteiger partial charge in [-0.25, -0.2) is 0 Å². The third-order valence-electron chi connectivity index (χ3n) is 6.01. The van der Waals surface area contributed by atoms with Gasteiger partial charge in [0.15, 0.2) is 0 Å². The molecule has 0 amide bonds. The smallest absolute Gasteiger partial charge is 0.239 e. The van der Waals surface area contributed by atoms with Gasteiger partial charge in [-0.1, -0.05) is 12.1 Å². The van der Waals surface area contributed by atoms with Crippen molar-refractivity contribution in [3.05, 3.63) is 59.9 Å². The summed E-state index contributed by atoms with van der Waals surface area (Å²) in [4.78, 5) is 4.26. The zero-order valence-electron chi connectivity index (χ0n) is 19.9. The van der Waals surface area contributed by atoms with Crippen LogP contribution in [0.5, 0.6) is 11.6 Å². The summed E-state index contributed by atoms with van der Waals surface area (Å²) in [6, 6.07) is 11.3. The van der Waals surface area contributed by atoms with E-state index in [9.17, 15) is 20.4 Å². The fourth-order valence-electron chi connectivity index (χ4n) is 4.11. The van der Waals surface area contributed by atoms with Crippen LogP contribution in [0.2, 0.25) is 0 Å². The van der Waals surface area contributed by atoms with Gasteiger partial charge in [0.05, 0.1) is 19.4 Å². The molecular weight excluding hydrogens is 454 g/mol. The predicted octanol–water partition coefficient (Wildman–Crippen LogP) is 1.30. The highest BCUT2D eigenvalue weighted by Crippen LogP contribution is 2.36. The van der Waals surface area contributed by atoms with Crippen LogP contribution in [-0.4, -0.2) is 79.6 Å². The zero-order chi connectivity index (χ0) is 25.1. The molecule has 2 aromatic heterocycles. The molecule has 0 radical (unpaired) electrons. The average molecular weight is 486 g/mol. The molecule has 188 valence electrons. The highest BCUT2D eigenvalue weighted by Gasteiger charge is 2.45. The van der Waals surface area contributed by atoms with Gasteiger partial charge in [-0.3, -0.25) is 9.67 Å². The van der Waals surface area contributed by atoms with Crippen LogP contribution in [0, 0.1) is 0 Å². The van der Waals surface area contributed by atoms with Gasteiger partial charge in [0.25, 0.3) is 0 Å². The Balaban J connectivity index is 1.78. The number of aliphatic hydroxyl groups excluding tert-OH is 4. The van der Waals surface area contributed by atoms with E-state index in [1.165, 1.54) is 0 Å². The Morgan fingerprint density at radius 1 is 1.06 bits per heavy atom. The monoisotopic (exact) mass is 485 g/mol. The van der Waals surface area contributed by atoms with E-state index in [1.54, 1.807) is 19.5 Å². The number of methoxy groups -OCH3 is 1. The molecule has 10 nitrogen and oxygen atoms in total. The van der Waals surface area contributed by atoms with Gasteiger partial charge in [0.2, 0.25) is 12.2 Å². The van der Waals surface area contributed by atoms with E-state index in [2.05, 4.69) is 10.1 Å². The zero-order valence-corrected chi connectivity index (χ0v) is 19.9. The number of hydrogen-bond donors (Lipinski definition) is 4. The normalized spacial score (nSPS) is 24.5. The van der Waals surface area contributed by atoms with Crippen molar-refractivity contribution in [2.45, 2.75) is 57.0 Å². The Hall–Kier alpha value is -3.02. The standard InChI is InChI=1S/C25H31N3O7/c1-14(2)28-20(16-5-4-10-26-12-16)18(11-15-6-8-17(33-3)9-7-15)24(27-28)35-25-23(32)22(31)21(30)19(13-29)34-25/h4-10,12,14,19,21-23,25,29-32H,11,13H2,1-3H3/t19-,21-,22+,23-,25+/m1/s1. The van der Waals surface area contributed by atoms with E-state index in [-0.39, 0.29) is 11.9 Å². The summed E-state index contributed by atoms with van der Waals surface area (Å²) in [7, 11) is 1.61. The fourth-order valence-corrected chi connectivity index (χ4v) is 4.11. The number of ether oxygens (including phenoxy) is 3. The van der Waals surface area contributed by atoms with E-state index in [0.717, 1.165) is 28.1 Å². The third-order valence-corrected chi connectivity index (χ3v) is 6.01. The number of hydrogen-bond acceptors (Lipinski definition) is 9. The van der Waals surface area contributed by atoms with E-state index in [0.29, 0.717) is 6.42 Å². The molecule has 1 aliphatic rings. The van der Waals surface area contributed by atoms with Crippen LogP contribution in [0.25, 0.3) is 11.3 Å². The first-order valence-corrected chi connectivity index (χ1v) is 11.5. The quantitative estimate of drug-likeness (QED) is 0.372. The number of aromatic nitrogens is 3. The van der Waals surface area contributed by atoms with Gasteiger partial charge < -0.3 is 34.6 Å². The minimum atomic E-state index is -1.55. The van der Waals surface area contributed by atoms with Crippen LogP contribution in [0.4, 0.5) is 0 Å². The van der Waals surface area contributed by atoms with Crippen molar-refractivity contribution in [2.75, 3.05) is 13.7 Å². The van der Waals surface area contributed by atoms with Crippen LogP contribution in [0.3, 0.4) is 0 Å². The van der Waals surface area contributed by atoms with Gasteiger partial charge in [-0.15, -0.1) is 5.10 Å². The maximum absolute atomic E-state index is 10.5. The maximum Gasteiger partial charge on any atom is 0.239 e. The SMILES string of the molecule is COc1ccc(Cc2c(O[C@@H]3O[C@H](CO)[C@@H](O)[C@H](O)[C@H]3O)nn(C(C)C)c2-c2cccnc2)cc1. The average Bonchev–Trinajstić information content (AvgIpc) is 3.23. The Bertz CT molecular complexity index is 1100. The Labute approximate surface area is 203 Å². The lowest BCUT2D eigenvalue weighted by Crippen LogP contribution is -2.60. The molecule has 4 rings (SSSR count). The van der Waals surface area contributed by atoms with Crippen molar-refractivity contribution in [3.8, 4) is 22.9 Å². The summed E-state index contributed by atoms with van der Waals surface area (Å²) >= 11 is 0. The summed E-state index contributed by atoms with van der Waals surface area (Å²) in [5.74, 6) is 0.939. The second-order valence-electron chi connectivity index (χ2n) is 8.75. The summed E-state index contributed by atoms with van der Waals surface area (Å²) in [6.07, 6.45) is -3.15. The van der Waals surface area contributed by atoms with Crippen LogP contribution in [-0.2, 0) is 11.2 Å². The highest BCUT2D eigenvalue weighted by molar-refractivity contribution is 5.66. The second-order valence-corrected chi connectivity index (χ2v) is 8.75. The molecule has 5 atom stereocenters. The molecule has 0 spiro atoms. The van der Waals surface area contributed by atoms with Gasteiger partial charge in [-0.2, -0.15) is 0 Å². The topological polar surface area (TPSA) is 139 Å². The minimum absolute atomic E-state index is 0.0352. The first-order chi connectivity index (χ1) is 16.8. The van der Waals surface area contributed by atoms with E-state index < -0.39 is 37.3 Å². The van der Waals surface area contributed by atoms with Crippen molar-refractivity contribution in [3.63, 3.8) is 0 Å². The molecule has 4 N–H and O–H groups in total. The molecule has 35 heavy (non-hydrogen) atoms. The summed E-state index contributed by atoms with van der Waals surface area (Å²) in [6.45, 7) is 3.42. The molecule has 1 fully saturated rings. The van der Waals surface area contributed by atoms with Crippen LogP contribution in [0.1, 0.15) is 31.0 Å². The third kappa shape index (κ3) is 5.16. The second kappa shape index (κ2) is 10.7. The number of nitrogens with zero attached hydrogens (tertiary/aromatic N) is 3. The molecule has 0 aliphatic carbocycles. The van der Waals surface area contributed by atoms with E-state index >= 15 is 0 Å². The van der Waals surface area contributed by atoms with Crippen molar-refractivity contribution >= 4 is 0 Å². The molecule has 10 heteroatoms. The summed E-state index contributed by atoms with van der Waals surface area (Å²) < 4.78 is 18.7. The molecule has 0 unspecified atom stereocenters. The molecule has 1 aromatic carbocycles. The number of benzene rings is 1. The molecule has 1 saturated heterocycles. The van der Waals surface area contributed by atoms with Gasteiger partial charge in [0.1, 0.15) is 30.2 Å². The lowest BCUT2D eigenvalue weighted by Gasteiger charge is -2.39. The minimum Gasteiger partial charge on any atom is -0.497 e. The summed E-state index contributed by atoms with van der Waals surface area (Å²) in [5.41, 5.74) is 3.33. The molecular formula is C25H31N3O7. The van der Waals surface area contributed by atoms with Crippen molar-refractivity contribution in [1.82, 2.24) is 14.8 Å². The molecule has 0 bridgehead atoms. The Morgan fingerprint density at radius 3 is 2.40 bits per heavy atom. The molecule has 1 aliphatic heterocycles. The molecule has 3 aromatic rings. The molecule has 0 saturated carbocycles. The van der Waals surface area contributed by atoms with Crippen LogP contribution >= 0.6 is 0 Å². The van der Waals surface area contributed by atoms with E-state index in [4.69, 9.17) is 14.2 Å². The number of pyridine rings is 1. The maximum atomic E-state index is 10.5. The lowest BCUT2D eigenvalue weighted by molar-refractivity contribution is -0.278. The van der Waals surface area contributed by atoms with Crippen molar-refractivity contribution in [1.29, 1.82) is 0 Å².